The molecule has 0 saturated carbocycles. The van der Waals surface area contributed by atoms with Gasteiger partial charge in [-0.05, 0) is 6.42 Å². The Morgan fingerprint density at radius 3 is 2.41 bits per heavy atom. The van der Waals surface area contributed by atoms with Crippen LogP contribution in [0.3, 0.4) is 0 Å². The fraction of sp³-hybridized carbons (Fsp3) is 0.444. The van der Waals surface area contributed by atoms with Crippen molar-refractivity contribution in [3.05, 3.63) is 31.4 Å². The Bertz CT molecular complexity index is 331. The van der Waals surface area contributed by atoms with E-state index in [1.807, 2.05) is 33.9 Å². The molecule has 0 fully saturated rings. The number of imidazole rings is 1. The van der Waals surface area contributed by atoms with Crippen molar-refractivity contribution in [1.29, 1.82) is 0 Å². The highest BCUT2D eigenvalue weighted by atomic mass is 19.5. The molecule has 8 heteroatoms. The molecule has 0 saturated heterocycles. The normalized spacial score (nSPS) is 12.6. The molecule has 1 rings (SSSR count). The number of allylic oxidation sites excluding steroid dienone is 1. The van der Waals surface area contributed by atoms with Crippen molar-refractivity contribution in [3.8, 4) is 0 Å². The van der Waals surface area contributed by atoms with Gasteiger partial charge in [0.1, 0.15) is 25.1 Å². The third-order valence-electron chi connectivity index (χ3n) is 1.85. The molecule has 3 nitrogen and oxygen atoms in total. The molecular weight excluding hydrogens is 237 g/mol. The molecule has 0 aliphatic carbocycles. The van der Waals surface area contributed by atoms with E-state index < -0.39 is 7.25 Å². The summed E-state index contributed by atoms with van der Waals surface area (Å²) >= 11 is 0. The van der Waals surface area contributed by atoms with Gasteiger partial charge in [0.15, 0.2) is 0 Å². The largest absolute Gasteiger partial charge is 0.673 e. The van der Waals surface area contributed by atoms with Gasteiger partial charge in [0, 0.05) is 0 Å². The Labute approximate surface area is 97.6 Å². The van der Waals surface area contributed by atoms with Gasteiger partial charge in [0.25, 0.3) is 0 Å². The molecule has 0 amide bonds. The molecule has 0 bridgehead atoms. The number of halogens is 4. The van der Waals surface area contributed by atoms with E-state index in [0.29, 0.717) is 0 Å². The number of hydrogen-bond acceptors (Lipinski definition) is 1. The maximum atomic E-state index is 9.75. The van der Waals surface area contributed by atoms with E-state index >= 15 is 0 Å². The van der Waals surface area contributed by atoms with Gasteiger partial charge in [-0.1, -0.05) is 19.6 Å². The van der Waals surface area contributed by atoms with Gasteiger partial charge in [0.05, 0.1) is 0 Å². The second kappa shape index (κ2) is 7.11. The first kappa shape index (κ1) is 15.7. The number of nitrogens with zero attached hydrogens (tertiary/aromatic N) is 2. The van der Waals surface area contributed by atoms with Gasteiger partial charge >= 0.3 is 7.25 Å². The number of rotatable bonds is 4. The van der Waals surface area contributed by atoms with Crippen LogP contribution in [-0.4, -0.2) is 11.8 Å². The number of hydrogen-bond donors (Lipinski definition) is 1. The van der Waals surface area contributed by atoms with Crippen LogP contribution in [0.1, 0.15) is 19.5 Å². The first-order valence-corrected chi connectivity index (χ1v) is 5.08. The summed E-state index contributed by atoms with van der Waals surface area (Å²) in [6.45, 7) is 6.58. The van der Waals surface area contributed by atoms with Crippen LogP contribution in [-0.2, 0) is 6.54 Å². The van der Waals surface area contributed by atoms with Gasteiger partial charge in [0.2, 0.25) is 6.33 Å². The SMILES string of the molecule is C=CC[n+]1ccn(C(N)CC)c1.F[B-](F)(F)F. The highest BCUT2D eigenvalue weighted by molar-refractivity contribution is 6.50. The van der Waals surface area contributed by atoms with Crippen LogP contribution in [0.2, 0.25) is 0 Å². The lowest BCUT2D eigenvalue weighted by molar-refractivity contribution is -0.686. The van der Waals surface area contributed by atoms with Crippen molar-refractivity contribution >= 4 is 7.25 Å². The fourth-order valence-electron chi connectivity index (χ4n) is 1.07. The highest BCUT2D eigenvalue weighted by Crippen LogP contribution is 2.06. The zero-order valence-corrected chi connectivity index (χ0v) is 9.57. The molecule has 1 unspecified atom stereocenters. The summed E-state index contributed by atoms with van der Waals surface area (Å²) in [6.07, 6.45) is 8.88. The molecule has 98 valence electrons. The summed E-state index contributed by atoms with van der Waals surface area (Å²) in [7, 11) is -6.00. The van der Waals surface area contributed by atoms with Gasteiger partial charge < -0.3 is 17.3 Å². The van der Waals surface area contributed by atoms with E-state index in [1.165, 1.54) is 0 Å². The van der Waals surface area contributed by atoms with Gasteiger partial charge in [-0.3, -0.25) is 5.73 Å². The van der Waals surface area contributed by atoms with Gasteiger partial charge in [-0.25, -0.2) is 9.13 Å². The predicted molar refractivity (Wildman–Crippen MR) is 58.5 cm³/mol. The summed E-state index contributed by atoms with van der Waals surface area (Å²) in [5.41, 5.74) is 5.83. The third-order valence-corrected chi connectivity index (χ3v) is 1.85. The van der Waals surface area contributed by atoms with Gasteiger partial charge in [-0.15, -0.1) is 0 Å². The van der Waals surface area contributed by atoms with Crippen LogP contribution in [0.25, 0.3) is 0 Å². The van der Waals surface area contributed by atoms with Crippen LogP contribution in [0, 0.1) is 0 Å². The molecule has 1 atom stereocenters. The lowest BCUT2D eigenvalue weighted by atomic mass is 10.3. The van der Waals surface area contributed by atoms with Crippen LogP contribution in [0.5, 0.6) is 0 Å². The minimum atomic E-state index is -6.00. The minimum absolute atomic E-state index is 0.0936. The summed E-state index contributed by atoms with van der Waals surface area (Å²) in [5, 5.41) is 0. The van der Waals surface area contributed by atoms with E-state index in [2.05, 4.69) is 13.5 Å². The fourth-order valence-corrected chi connectivity index (χ4v) is 1.07. The quantitative estimate of drug-likeness (QED) is 0.379. The molecule has 2 N–H and O–H groups in total. The maximum Gasteiger partial charge on any atom is 0.673 e. The molecule has 0 radical (unpaired) electrons. The Morgan fingerprint density at radius 2 is 2.00 bits per heavy atom. The van der Waals surface area contributed by atoms with Crippen LogP contribution >= 0.6 is 0 Å². The van der Waals surface area contributed by atoms with Gasteiger partial charge in [-0.2, -0.15) is 0 Å². The lowest BCUT2D eigenvalue weighted by Gasteiger charge is -2.02. The summed E-state index contributed by atoms with van der Waals surface area (Å²) < 4.78 is 43.0. The summed E-state index contributed by atoms with van der Waals surface area (Å²) in [4.78, 5) is 0. The average molecular weight is 253 g/mol. The first-order chi connectivity index (χ1) is 7.77. The van der Waals surface area contributed by atoms with E-state index in [0.717, 1.165) is 13.0 Å². The first-order valence-electron chi connectivity index (χ1n) is 5.08. The summed E-state index contributed by atoms with van der Waals surface area (Å²) in [6, 6.07) is 0. The van der Waals surface area contributed by atoms with Crippen molar-refractivity contribution in [2.24, 2.45) is 5.73 Å². The van der Waals surface area contributed by atoms with Crippen molar-refractivity contribution in [2.75, 3.05) is 0 Å². The van der Waals surface area contributed by atoms with E-state index in [9.17, 15) is 17.3 Å². The van der Waals surface area contributed by atoms with Crippen LogP contribution in [0.15, 0.2) is 31.4 Å². The molecular formula is C9H16BF4N3. The highest BCUT2D eigenvalue weighted by Gasteiger charge is 2.20. The Kier molecular flexibility index (Phi) is 6.56. The van der Waals surface area contributed by atoms with E-state index in [1.54, 1.807) is 0 Å². The Morgan fingerprint density at radius 1 is 1.47 bits per heavy atom. The van der Waals surface area contributed by atoms with Crippen LogP contribution in [0.4, 0.5) is 17.3 Å². The molecule has 0 aromatic carbocycles. The number of nitrogens with two attached hydrogens (primary N) is 1. The smallest absolute Gasteiger partial charge is 0.418 e. The standard InChI is InChI=1S/C9H16N3.BF4/c1-3-5-11-6-7-12(8-11)9(10)4-2;2-1(3,4)5/h3,6-9H,1,4-5,10H2,2H3;/q+1;-1. The average Bonchev–Trinajstić information content (AvgIpc) is 2.63. The third kappa shape index (κ3) is 8.50. The second-order valence-electron chi connectivity index (χ2n) is 3.32. The van der Waals surface area contributed by atoms with Crippen LogP contribution < -0.4 is 10.3 Å². The maximum absolute atomic E-state index is 9.75. The van der Waals surface area contributed by atoms with E-state index in [4.69, 9.17) is 5.73 Å². The Hall–Kier alpha value is -1.31. The summed E-state index contributed by atoms with van der Waals surface area (Å²) in [5.74, 6) is 0. The van der Waals surface area contributed by atoms with E-state index in [-0.39, 0.29) is 6.17 Å². The molecule has 1 heterocycles. The molecule has 0 spiro atoms. The monoisotopic (exact) mass is 253 g/mol. The molecule has 0 aliphatic heterocycles. The van der Waals surface area contributed by atoms with Crippen molar-refractivity contribution in [2.45, 2.75) is 26.1 Å². The zero-order chi connectivity index (χ0) is 13.5. The lowest BCUT2D eigenvalue weighted by Crippen LogP contribution is -2.30. The Balaban J connectivity index is 0.000000437. The molecule has 0 aliphatic rings. The molecule has 17 heavy (non-hydrogen) atoms. The molecule has 1 aromatic rings. The predicted octanol–water partition coefficient (Wildman–Crippen LogP) is 2.13. The zero-order valence-electron chi connectivity index (χ0n) is 9.57. The van der Waals surface area contributed by atoms with Crippen molar-refractivity contribution < 1.29 is 21.8 Å². The minimum Gasteiger partial charge on any atom is -0.418 e. The molecule has 1 aromatic heterocycles. The van der Waals surface area contributed by atoms with Crippen molar-refractivity contribution in [1.82, 2.24) is 4.57 Å². The number of aromatic nitrogens is 2. The second-order valence-corrected chi connectivity index (χ2v) is 3.32. The topological polar surface area (TPSA) is 34.8 Å². The van der Waals surface area contributed by atoms with Crippen molar-refractivity contribution in [3.63, 3.8) is 0 Å².